The van der Waals surface area contributed by atoms with Crippen molar-refractivity contribution >= 4 is 40.7 Å². The second kappa shape index (κ2) is 10.8. The molecule has 0 saturated carbocycles. The number of aryl methyl sites for hydroxylation is 1. The molecule has 0 aliphatic rings. The number of carbonyl (C=O) groups excluding carboxylic acids is 1. The minimum atomic E-state index is -0.222. The number of nitrogens with one attached hydrogen (secondary N) is 3. The Kier molecular flexibility index (Phi) is 8.44. The van der Waals surface area contributed by atoms with Gasteiger partial charge in [-0.15, -0.1) is 0 Å². The molecule has 26 heavy (non-hydrogen) atoms. The highest BCUT2D eigenvalue weighted by molar-refractivity contribution is 7.97. The number of hydrogen-bond donors (Lipinski definition) is 3. The molecule has 6 heteroatoms. The summed E-state index contributed by atoms with van der Waals surface area (Å²) in [4.78, 5) is 12.1. The van der Waals surface area contributed by atoms with Gasteiger partial charge in [0.1, 0.15) is 0 Å². The zero-order valence-corrected chi connectivity index (χ0v) is 16.8. The van der Waals surface area contributed by atoms with Crippen LogP contribution < -0.4 is 16.2 Å². The quantitative estimate of drug-likeness (QED) is 0.482. The predicted molar refractivity (Wildman–Crippen MR) is 116 cm³/mol. The summed E-state index contributed by atoms with van der Waals surface area (Å²) >= 11 is 6.97. The number of amides is 1. The van der Waals surface area contributed by atoms with E-state index in [1.54, 1.807) is 11.8 Å². The molecule has 2 aromatic rings. The lowest BCUT2D eigenvalue weighted by Gasteiger charge is -2.12. The zero-order valence-electron chi connectivity index (χ0n) is 15.2. The van der Waals surface area contributed by atoms with E-state index in [1.807, 2.05) is 36.4 Å². The molecule has 0 radical (unpaired) electrons. The minimum Gasteiger partial charge on any atom is -0.331 e. The highest BCUT2D eigenvalue weighted by Crippen LogP contribution is 2.12. The summed E-state index contributed by atoms with van der Waals surface area (Å²) < 4.78 is 0. The maximum absolute atomic E-state index is 12.1. The summed E-state index contributed by atoms with van der Waals surface area (Å²) in [6.45, 7) is 2.19. The molecule has 3 N–H and O–H groups in total. The molecule has 2 aromatic carbocycles. The standard InChI is InChI=1S/C20H25N3OS2/c1-3-4-5-15-8-12-18(13-9-15)21-20(25)23-22-19(24)17-10-6-16(7-11-17)14-26-2/h6-13H,3-5,14H2,1-2H3,(H,22,24)(H2,21,23,25). The summed E-state index contributed by atoms with van der Waals surface area (Å²) in [6.07, 6.45) is 5.52. The fourth-order valence-electron chi connectivity index (χ4n) is 2.40. The number of rotatable bonds is 7. The van der Waals surface area contributed by atoms with Gasteiger partial charge in [-0.25, -0.2) is 0 Å². The third-order valence-corrected chi connectivity index (χ3v) is 4.67. The van der Waals surface area contributed by atoms with Gasteiger partial charge in [-0.3, -0.25) is 15.6 Å². The third kappa shape index (κ3) is 6.69. The van der Waals surface area contributed by atoms with E-state index in [-0.39, 0.29) is 5.91 Å². The first kappa shape index (κ1) is 20.3. The highest BCUT2D eigenvalue weighted by atomic mass is 32.2. The Bertz CT molecular complexity index is 715. The Labute approximate surface area is 165 Å². The summed E-state index contributed by atoms with van der Waals surface area (Å²) in [5.41, 5.74) is 9.33. The van der Waals surface area contributed by atoms with Gasteiger partial charge >= 0.3 is 0 Å². The molecule has 1 amide bonds. The number of thioether (sulfide) groups is 1. The number of unbranched alkanes of at least 4 members (excludes halogenated alkanes) is 1. The van der Waals surface area contributed by atoms with Crippen LogP contribution in [0.1, 0.15) is 41.3 Å². The Balaban J connectivity index is 1.79. The van der Waals surface area contributed by atoms with Crippen LogP contribution in [0.3, 0.4) is 0 Å². The Morgan fingerprint density at radius 1 is 1.00 bits per heavy atom. The second-order valence-corrected chi connectivity index (χ2v) is 7.24. The lowest BCUT2D eigenvalue weighted by atomic mass is 10.1. The normalized spacial score (nSPS) is 10.2. The average molecular weight is 388 g/mol. The van der Waals surface area contributed by atoms with Gasteiger partial charge in [0, 0.05) is 17.0 Å². The highest BCUT2D eigenvalue weighted by Gasteiger charge is 2.06. The van der Waals surface area contributed by atoms with Crippen molar-refractivity contribution in [2.75, 3.05) is 11.6 Å². The Morgan fingerprint density at radius 3 is 2.27 bits per heavy atom. The van der Waals surface area contributed by atoms with E-state index in [1.165, 1.54) is 24.0 Å². The fourth-order valence-corrected chi connectivity index (χ4v) is 3.10. The SMILES string of the molecule is CCCCc1ccc(NC(=S)NNC(=O)c2ccc(CSC)cc2)cc1. The van der Waals surface area contributed by atoms with Crippen molar-refractivity contribution in [3.63, 3.8) is 0 Å². The van der Waals surface area contributed by atoms with Gasteiger partial charge in [-0.05, 0) is 66.7 Å². The number of benzene rings is 2. The van der Waals surface area contributed by atoms with Crippen LogP contribution in [0.2, 0.25) is 0 Å². The molecule has 0 aromatic heterocycles. The number of hydrazine groups is 1. The van der Waals surface area contributed by atoms with E-state index < -0.39 is 0 Å². The van der Waals surface area contributed by atoms with Crippen molar-refractivity contribution in [1.29, 1.82) is 0 Å². The van der Waals surface area contributed by atoms with Crippen molar-refractivity contribution < 1.29 is 4.79 Å². The predicted octanol–water partition coefficient (Wildman–Crippen LogP) is 4.52. The molecule has 4 nitrogen and oxygen atoms in total. The van der Waals surface area contributed by atoms with E-state index in [4.69, 9.17) is 12.2 Å². The summed E-state index contributed by atoms with van der Waals surface area (Å²) in [6, 6.07) is 15.7. The smallest absolute Gasteiger partial charge is 0.269 e. The maximum Gasteiger partial charge on any atom is 0.269 e. The lowest BCUT2D eigenvalue weighted by Crippen LogP contribution is -2.43. The van der Waals surface area contributed by atoms with Crippen LogP contribution >= 0.6 is 24.0 Å². The van der Waals surface area contributed by atoms with Gasteiger partial charge in [0.2, 0.25) is 0 Å². The molecular formula is C20H25N3OS2. The average Bonchev–Trinajstić information content (AvgIpc) is 2.66. The molecule has 0 heterocycles. The van der Waals surface area contributed by atoms with Crippen LogP contribution in [0.4, 0.5) is 5.69 Å². The van der Waals surface area contributed by atoms with Crippen LogP contribution in [0, 0.1) is 0 Å². The number of thiocarbonyl (C=S) groups is 1. The van der Waals surface area contributed by atoms with Gasteiger partial charge in [0.15, 0.2) is 5.11 Å². The molecule has 0 aliphatic heterocycles. The van der Waals surface area contributed by atoms with Gasteiger partial charge in [0.05, 0.1) is 0 Å². The summed E-state index contributed by atoms with van der Waals surface area (Å²) in [5, 5.41) is 3.41. The largest absolute Gasteiger partial charge is 0.331 e. The summed E-state index contributed by atoms with van der Waals surface area (Å²) in [5.74, 6) is 0.713. The van der Waals surface area contributed by atoms with Crippen molar-refractivity contribution in [3.05, 3.63) is 65.2 Å². The van der Waals surface area contributed by atoms with E-state index >= 15 is 0 Å². The first-order chi connectivity index (χ1) is 12.6. The zero-order chi connectivity index (χ0) is 18.8. The van der Waals surface area contributed by atoms with Crippen LogP contribution in [0.5, 0.6) is 0 Å². The first-order valence-electron chi connectivity index (χ1n) is 8.66. The van der Waals surface area contributed by atoms with Crippen LogP contribution in [0.25, 0.3) is 0 Å². The summed E-state index contributed by atoms with van der Waals surface area (Å²) in [7, 11) is 0. The van der Waals surface area contributed by atoms with Crippen molar-refractivity contribution in [2.24, 2.45) is 0 Å². The second-order valence-electron chi connectivity index (χ2n) is 5.96. The van der Waals surface area contributed by atoms with Gasteiger partial charge in [-0.2, -0.15) is 11.8 Å². The van der Waals surface area contributed by atoms with E-state index in [2.05, 4.69) is 41.5 Å². The molecule has 138 valence electrons. The number of carbonyl (C=O) groups is 1. The first-order valence-corrected chi connectivity index (χ1v) is 10.5. The van der Waals surface area contributed by atoms with Crippen molar-refractivity contribution in [3.8, 4) is 0 Å². The fraction of sp³-hybridized carbons (Fsp3) is 0.300. The molecule has 0 atom stereocenters. The van der Waals surface area contributed by atoms with Gasteiger partial charge in [0.25, 0.3) is 5.91 Å². The molecule has 2 rings (SSSR count). The van der Waals surface area contributed by atoms with Crippen molar-refractivity contribution in [2.45, 2.75) is 31.9 Å². The van der Waals surface area contributed by atoms with E-state index in [9.17, 15) is 4.79 Å². The topological polar surface area (TPSA) is 53.2 Å². The van der Waals surface area contributed by atoms with Crippen LogP contribution in [-0.4, -0.2) is 17.3 Å². The molecule has 0 saturated heterocycles. The lowest BCUT2D eigenvalue weighted by molar-refractivity contribution is 0.0944. The maximum atomic E-state index is 12.1. The molecular weight excluding hydrogens is 362 g/mol. The van der Waals surface area contributed by atoms with Crippen LogP contribution in [-0.2, 0) is 12.2 Å². The minimum absolute atomic E-state index is 0.222. The van der Waals surface area contributed by atoms with E-state index in [0.29, 0.717) is 10.7 Å². The molecule has 0 aliphatic carbocycles. The Hall–Kier alpha value is -2.05. The molecule has 0 fully saturated rings. The molecule has 0 unspecified atom stereocenters. The molecule has 0 bridgehead atoms. The van der Waals surface area contributed by atoms with E-state index in [0.717, 1.165) is 17.9 Å². The van der Waals surface area contributed by atoms with Crippen LogP contribution in [0.15, 0.2) is 48.5 Å². The Morgan fingerprint density at radius 2 is 1.65 bits per heavy atom. The van der Waals surface area contributed by atoms with Gasteiger partial charge < -0.3 is 5.32 Å². The molecule has 0 spiro atoms. The number of anilines is 1. The number of hydrogen-bond acceptors (Lipinski definition) is 3. The van der Waals surface area contributed by atoms with Crippen molar-refractivity contribution in [1.82, 2.24) is 10.9 Å². The monoisotopic (exact) mass is 387 g/mol. The van der Waals surface area contributed by atoms with Gasteiger partial charge in [-0.1, -0.05) is 37.6 Å². The third-order valence-electron chi connectivity index (χ3n) is 3.85.